The number of anilines is 1. The highest BCUT2D eigenvalue weighted by Gasteiger charge is 2.26. The Morgan fingerprint density at radius 2 is 2.12 bits per heavy atom. The van der Waals surface area contributed by atoms with E-state index in [-0.39, 0.29) is 12.5 Å². The van der Waals surface area contributed by atoms with Crippen molar-refractivity contribution in [1.82, 2.24) is 9.97 Å². The number of aromatic nitrogens is 2. The summed E-state index contributed by atoms with van der Waals surface area (Å²) in [4.78, 5) is 23.2. The molecule has 3 aromatic rings. The molecule has 26 heavy (non-hydrogen) atoms. The molecule has 0 spiro atoms. The molecule has 0 atom stereocenters. The van der Waals surface area contributed by atoms with Gasteiger partial charge in [0.1, 0.15) is 10.8 Å². The molecule has 5 nitrogen and oxygen atoms in total. The molecule has 0 fully saturated rings. The quantitative estimate of drug-likeness (QED) is 0.693. The van der Waals surface area contributed by atoms with Crippen molar-refractivity contribution >= 4 is 22.9 Å². The van der Waals surface area contributed by atoms with Gasteiger partial charge in [0.25, 0.3) is 5.91 Å². The zero-order valence-electron chi connectivity index (χ0n) is 14.7. The predicted octanol–water partition coefficient (Wildman–Crippen LogP) is 4.25. The first-order valence-corrected chi connectivity index (χ1v) is 9.44. The lowest BCUT2D eigenvalue weighted by Crippen LogP contribution is -2.40. The minimum Gasteiger partial charge on any atom is -0.482 e. The van der Waals surface area contributed by atoms with Crippen LogP contribution in [0.4, 0.5) is 5.69 Å². The molecule has 6 heteroatoms. The standard InChI is InChI=1S/C20H19N3O2S/c1-13(2)10-23-17-9-14(6-7-18(17)25-11-19(23)24)16-12-26-20(22-16)15-5-3-4-8-21-15/h3-9,12-13H,10-11H2,1-2H3. The first-order chi connectivity index (χ1) is 12.6. The molecule has 4 rings (SSSR count). The van der Waals surface area contributed by atoms with Gasteiger partial charge >= 0.3 is 0 Å². The SMILES string of the molecule is CC(C)CN1C(=O)COc2ccc(-c3csc(-c4ccccn4)n3)cc21. The molecule has 0 radical (unpaired) electrons. The average Bonchev–Trinajstić information content (AvgIpc) is 3.14. The fourth-order valence-corrected chi connectivity index (χ4v) is 3.74. The van der Waals surface area contributed by atoms with Crippen LogP contribution >= 0.6 is 11.3 Å². The number of fused-ring (bicyclic) bond motifs is 1. The number of nitrogens with zero attached hydrogens (tertiary/aromatic N) is 3. The molecule has 2 aromatic heterocycles. The molecular weight excluding hydrogens is 346 g/mol. The third kappa shape index (κ3) is 3.20. The first-order valence-electron chi connectivity index (χ1n) is 8.56. The number of pyridine rings is 1. The van der Waals surface area contributed by atoms with Gasteiger partial charge in [0, 0.05) is 23.7 Å². The molecule has 0 bridgehead atoms. The summed E-state index contributed by atoms with van der Waals surface area (Å²) in [7, 11) is 0. The van der Waals surface area contributed by atoms with Crippen LogP contribution in [-0.4, -0.2) is 29.0 Å². The van der Waals surface area contributed by atoms with Crippen molar-refractivity contribution in [2.75, 3.05) is 18.1 Å². The number of benzene rings is 1. The van der Waals surface area contributed by atoms with E-state index in [1.807, 2.05) is 46.7 Å². The summed E-state index contributed by atoms with van der Waals surface area (Å²) in [5.41, 5.74) is 3.52. The van der Waals surface area contributed by atoms with Crippen molar-refractivity contribution in [1.29, 1.82) is 0 Å². The van der Waals surface area contributed by atoms with E-state index in [9.17, 15) is 4.79 Å². The third-order valence-corrected chi connectivity index (χ3v) is 5.00. The highest BCUT2D eigenvalue weighted by Crippen LogP contribution is 2.37. The number of amides is 1. The van der Waals surface area contributed by atoms with Crippen molar-refractivity contribution in [3.05, 3.63) is 48.0 Å². The molecule has 1 amide bonds. The lowest BCUT2D eigenvalue weighted by Gasteiger charge is -2.31. The number of ether oxygens (including phenoxy) is 1. The number of rotatable bonds is 4. The lowest BCUT2D eigenvalue weighted by atomic mass is 10.1. The van der Waals surface area contributed by atoms with E-state index >= 15 is 0 Å². The van der Waals surface area contributed by atoms with Gasteiger partial charge in [-0.05, 0) is 36.2 Å². The van der Waals surface area contributed by atoms with Gasteiger partial charge in [-0.2, -0.15) is 0 Å². The maximum atomic E-state index is 12.3. The molecule has 1 aromatic carbocycles. The van der Waals surface area contributed by atoms with Crippen molar-refractivity contribution in [2.45, 2.75) is 13.8 Å². The van der Waals surface area contributed by atoms with Crippen LogP contribution in [0.25, 0.3) is 22.0 Å². The monoisotopic (exact) mass is 365 g/mol. The Morgan fingerprint density at radius 1 is 1.23 bits per heavy atom. The molecule has 0 saturated carbocycles. The summed E-state index contributed by atoms with van der Waals surface area (Å²) < 4.78 is 5.59. The van der Waals surface area contributed by atoms with Crippen LogP contribution in [0.2, 0.25) is 0 Å². The number of hydrogen-bond donors (Lipinski definition) is 0. The Kier molecular flexibility index (Phi) is 4.42. The molecule has 0 N–H and O–H groups in total. The second-order valence-electron chi connectivity index (χ2n) is 6.62. The topological polar surface area (TPSA) is 55.3 Å². The number of thiazole rings is 1. The third-order valence-electron chi connectivity index (χ3n) is 4.13. The zero-order valence-corrected chi connectivity index (χ0v) is 15.5. The number of hydrogen-bond acceptors (Lipinski definition) is 5. The Bertz CT molecular complexity index is 937. The smallest absolute Gasteiger partial charge is 0.265 e. The molecule has 0 unspecified atom stereocenters. The van der Waals surface area contributed by atoms with Gasteiger partial charge in [-0.1, -0.05) is 19.9 Å². The average molecular weight is 365 g/mol. The van der Waals surface area contributed by atoms with Gasteiger partial charge in [-0.3, -0.25) is 9.78 Å². The van der Waals surface area contributed by atoms with E-state index in [0.29, 0.717) is 12.5 Å². The maximum Gasteiger partial charge on any atom is 0.265 e. The lowest BCUT2D eigenvalue weighted by molar-refractivity contribution is -0.121. The van der Waals surface area contributed by atoms with Crippen molar-refractivity contribution in [3.8, 4) is 27.7 Å². The van der Waals surface area contributed by atoms with Crippen LogP contribution in [0.5, 0.6) is 5.75 Å². The normalized spacial score (nSPS) is 13.7. The van der Waals surface area contributed by atoms with E-state index in [2.05, 4.69) is 18.8 Å². The molecule has 0 saturated heterocycles. The van der Waals surface area contributed by atoms with Crippen LogP contribution in [-0.2, 0) is 4.79 Å². The van der Waals surface area contributed by atoms with Gasteiger partial charge in [0.15, 0.2) is 6.61 Å². The zero-order chi connectivity index (χ0) is 18.1. The van der Waals surface area contributed by atoms with E-state index in [1.165, 1.54) is 0 Å². The van der Waals surface area contributed by atoms with Gasteiger partial charge in [-0.25, -0.2) is 4.98 Å². The van der Waals surface area contributed by atoms with Crippen LogP contribution in [0, 0.1) is 5.92 Å². The second-order valence-corrected chi connectivity index (χ2v) is 7.48. The molecule has 1 aliphatic heterocycles. The van der Waals surface area contributed by atoms with Crippen LogP contribution in [0.1, 0.15) is 13.8 Å². The summed E-state index contributed by atoms with van der Waals surface area (Å²) in [5, 5.41) is 2.90. The Hall–Kier alpha value is -2.73. The maximum absolute atomic E-state index is 12.3. The highest BCUT2D eigenvalue weighted by atomic mass is 32.1. The van der Waals surface area contributed by atoms with Crippen LogP contribution in [0.3, 0.4) is 0 Å². The fraction of sp³-hybridized carbons (Fsp3) is 0.250. The molecule has 1 aliphatic rings. The first kappa shape index (κ1) is 16.7. The fourth-order valence-electron chi connectivity index (χ4n) is 2.94. The Labute approximate surface area is 156 Å². The largest absolute Gasteiger partial charge is 0.482 e. The minimum atomic E-state index is -0.00389. The van der Waals surface area contributed by atoms with Crippen molar-refractivity contribution < 1.29 is 9.53 Å². The summed E-state index contributed by atoms with van der Waals surface area (Å²) in [5.74, 6) is 1.12. The van der Waals surface area contributed by atoms with E-state index in [0.717, 1.165) is 33.4 Å². The second kappa shape index (κ2) is 6.88. The minimum absolute atomic E-state index is 0.00389. The van der Waals surface area contributed by atoms with E-state index in [1.54, 1.807) is 17.5 Å². The molecule has 0 aliphatic carbocycles. The van der Waals surface area contributed by atoms with Gasteiger partial charge < -0.3 is 9.64 Å². The van der Waals surface area contributed by atoms with Crippen LogP contribution < -0.4 is 9.64 Å². The summed E-state index contributed by atoms with van der Waals surface area (Å²) >= 11 is 1.56. The van der Waals surface area contributed by atoms with Crippen LogP contribution in [0.15, 0.2) is 48.0 Å². The molecule has 3 heterocycles. The number of carbonyl (C=O) groups excluding carboxylic acids is 1. The Balaban J connectivity index is 1.70. The summed E-state index contributed by atoms with van der Waals surface area (Å²) in [6.45, 7) is 4.98. The Morgan fingerprint density at radius 3 is 2.88 bits per heavy atom. The summed E-state index contributed by atoms with van der Waals surface area (Å²) in [6.07, 6.45) is 1.77. The van der Waals surface area contributed by atoms with E-state index in [4.69, 9.17) is 9.72 Å². The highest BCUT2D eigenvalue weighted by molar-refractivity contribution is 7.13. The van der Waals surface area contributed by atoms with Gasteiger partial charge in [0.05, 0.1) is 17.1 Å². The van der Waals surface area contributed by atoms with Gasteiger partial charge in [0.2, 0.25) is 0 Å². The summed E-state index contributed by atoms with van der Waals surface area (Å²) in [6, 6.07) is 11.7. The van der Waals surface area contributed by atoms with Gasteiger partial charge in [-0.15, -0.1) is 11.3 Å². The predicted molar refractivity (Wildman–Crippen MR) is 103 cm³/mol. The molecule has 132 valence electrons. The molecular formula is C20H19N3O2S. The number of carbonyl (C=O) groups is 1. The van der Waals surface area contributed by atoms with Crippen molar-refractivity contribution in [3.63, 3.8) is 0 Å². The van der Waals surface area contributed by atoms with Crippen molar-refractivity contribution in [2.24, 2.45) is 5.92 Å². The van der Waals surface area contributed by atoms with E-state index < -0.39 is 0 Å².